The van der Waals surface area contributed by atoms with E-state index in [1.807, 2.05) is 23.1 Å². The Hall–Kier alpha value is -2.54. The number of carbonyl (C=O) groups is 1. The summed E-state index contributed by atoms with van der Waals surface area (Å²) in [4.78, 5) is 31.4. The minimum Gasteiger partial charge on any atom is -0.468 e. The lowest BCUT2D eigenvalue weighted by atomic mass is 10.2. The Morgan fingerprint density at radius 2 is 2.12 bits per heavy atom. The molecule has 0 N–H and O–H groups in total. The first kappa shape index (κ1) is 16.9. The number of nitrogens with zero attached hydrogens (tertiary/aromatic N) is 3. The highest BCUT2D eigenvalue weighted by Crippen LogP contribution is 2.34. The molecule has 134 valence electrons. The molecule has 0 spiro atoms. The van der Waals surface area contributed by atoms with Crippen molar-refractivity contribution in [3.05, 3.63) is 65.1 Å². The molecule has 1 fully saturated rings. The van der Waals surface area contributed by atoms with Crippen LogP contribution in [0.5, 0.6) is 0 Å². The quantitative estimate of drug-likeness (QED) is 0.710. The fraction of sp³-hybridized carbons (Fsp3) is 0.316. The topological polar surface area (TPSA) is 68.3 Å². The molecule has 1 amide bonds. The van der Waals surface area contributed by atoms with E-state index < -0.39 is 0 Å². The molecule has 0 bridgehead atoms. The van der Waals surface area contributed by atoms with Crippen LogP contribution in [0.15, 0.2) is 58.2 Å². The van der Waals surface area contributed by atoms with Crippen molar-refractivity contribution in [2.24, 2.45) is 0 Å². The van der Waals surface area contributed by atoms with E-state index in [2.05, 4.69) is 4.98 Å². The van der Waals surface area contributed by atoms with E-state index in [4.69, 9.17) is 4.42 Å². The monoisotopic (exact) mass is 369 g/mol. The molecule has 1 aliphatic rings. The Kier molecular flexibility index (Phi) is 4.79. The van der Waals surface area contributed by atoms with Gasteiger partial charge in [-0.3, -0.25) is 14.2 Å². The minimum atomic E-state index is -0.179. The van der Waals surface area contributed by atoms with Crippen LogP contribution in [0, 0.1) is 0 Å². The van der Waals surface area contributed by atoms with Gasteiger partial charge in [0.25, 0.3) is 5.56 Å². The van der Waals surface area contributed by atoms with Crippen LogP contribution in [-0.4, -0.2) is 39.2 Å². The third-order valence-corrected chi connectivity index (χ3v) is 5.88. The summed E-state index contributed by atoms with van der Waals surface area (Å²) in [6.07, 6.45) is 3.98. The second-order valence-corrected chi connectivity index (χ2v) is 7.55. The molecule has 7 heteroatoms. The van der Waals surface area contributed by atoms with Crippen LogP contribution in [0.2, 0.25) is 0 Å². The van der Waals surface area contributed by atoms with Crippen molar-refractivity contribution in [1.82, 2.24) is 14.5 Å². The van der Waals surface area contributed by atoms with Crippen LogP contribution in [0.1, 0.15) is 17.4 Å². The fourth-order valence-corrected chi connectivity index (χ4v) is 4.37. The van der Waals surface area contributed by atoms with Crippen molar-refractivity contribution in [2.75, 3.05) is 18.8 Å². The van der Waals surface area contributed by atoms with Crippen molar-refractivity contribution in [3.8, 4) is 0 Å². The summed E-state index contributed by atoms with van der Waals surface area (Å²) in [7, 11) is 0. The van der Waals surface area contributed by atoms with E-state index in [1.54, 1.807) is 36.2 Å². The molecule has 0 saturated carbocycles. The molecule has 6 nitrogen and oxygen atoms in total. The molecule has 3 aromatic rings. The van der Waals surface area contributed by atoms with Gasteiger partial charge in [-0.05, 0) is 30.7 Å². The fourth-order valence-electron chi connectivity index (χ4n) is 3.19. The molecule has 1 unspecified atom stereocenters. The van der Waals surface area contributed by atoms with Crippen LogP contribution in [-0.2, 0) is 11.3 Å². The Balaban J connectivity index is 1.47. The van der Waals surface area contributed by atoms with Gasteiger partial charge >= 0.3 is 0 Å². The molecular weight excluding hydrogens is 350 g/mol. The van der Waals surface area contributed by atoms with Crippen LogP contribution < -0.4 is 5.56 Å². The molecule has 26 heavy (non-hydrogen) atoms. The predicted molar refractivity (Wildman–Crippen MR) is 101 cm³/mol. The number of hydrogen-bond donors (Lipinski definition) is 0. The van der Waals surface area contributed by atoms with E-state index in [0.717, 1.165) is 17.9 Å². The number of rotatable bonds is 3. The van der Waals surface area contributed by atoms with Gasteiger partial charge in [-0.25, -0.2) is 4.98 Å². The van der Waals surface area contributed by atoms with Gasteiger partial charge in [0.15, 0.2) is 0 Å². The summed E-state index contributed by atoms with van der Waals surface area (Å²) in [6, 6.07) is 11.1. The van der Waals surface area contributed by atoms with Gasteiger partial charge in [0.05, 0.1) is 28.7 Å². The highest BCUT2D eigenvalue weighted by atomic mass is 32.2. The zero-order chi connectivity index (χ0) is 17.9. The van der Waals surface area contributed by atoms with Crippen molar-refractivity contribution >= 4 is 28.6 Å². The molecule has 2 aromatic heterocycles. The van der Waals surface area contributed by atoms with Crippen LogP contribution >= 0.6 is 11.8 Å². The standard InChI is InChI=1S/C19H19N3O3S/c23-18(12-22-13-20-15-5-2-1-4-14(15)19(22)24)21-8-7-17(26-11-9-21)16-6-3-10-25-16/h1-6,10,13,17H,7-9,11-12H2. The first-order chi connectivity index (χ1) is 12.7. The largest absolute Gasteiger partial charge is 0.468 e. The van der Waals surface area contributed by atoms with Gasteiger partial charge in [0.1, 0.15) is 12.3 Å². The first-order valence-electron chi connectivity index (χ1n) is 8.59. The Morgan fingerprint density at radius 1 is 1.23 bits per heavy atom. The third kappa shape index (κ3) is 3.39. The molecular formula is C19H19N3O3S. The zero-order valence-electron chi connectivity index (χ0n) is 14.2. The van der Waals surface area contributed by atoms with E-state index in [9.17, 15) is 9.59 Å². The van der Waals surface area contributed by atoms with Crippen molar-refractivity contribution in [3.63, 3.8) is 0 Å². The lowest BCUT2D eigenvalue weighted by Gasteiger charge is -2.20. The smallest absolute Gasteiger partial charge is 0.261 e. The van der Waals surface area contributed by atoms with E-state index >= 15 is 0 Å². The second-order valence-electron chi connectivity index (χ2n) is 6.24. The average Bonchev–Trinajstić information content (AvgIpc) is 3.08. The number of thioether (sulfide) groups is 1. The summed E-state index contributed by atoms with van der Waals surface area (Å²) >= 11 is 1.81. The predicted octanol–water partition coefficient (Wildman–Crippen LogP) is 2.70. The summed E-state index contributed by atoms with van der Waals surface area (Å²) in [6.45, 7) is 1.36. The van der Waals surface area contributed by atoms with Gasteiger partial charge in [-0.2, -0.15) is 0 Å². The number of para-hydroxylation sites is 1. The SMILES string of the molecule is O=C(Cn1cnc2ccccc2c1=O)N1CCSC(c2ccco2)CC1. The van der Waals surface area contributed by atoms with Gasteiger partial charge in [0, 0.05) is 18.8 Å². The maximum absolute atomic E-state index is 12.7. The highest BCUT2D eigenvalue weighted by molar-refractivity contribution is 7.99. The first-order valence-corrected chi connectivity index (χ1v) is 9.64. The van der Waals surface area contributed by atoms with Gasteiger partial charge in [0.2, 0.25) is 5.91 Å². The summed E-state index contributed by atoms with van der Waals surface area (Å²) < 4.78 is 6.89. The minimum absolute atomic E-state index is 0.0206. The number of hydrogen-bond acceptors (Lipinski definition) is 5. The zero-order valence-corrected chi connectivity index (χ0v) is 15.0. The van der Waals surface area contributed by atoms with Crippen molar-refractivity contribution < 1.29 is 9.21 Å². The highest BCUT2D eigenvalue weighted by Gasteiger charge is 2.23. The number of aromatic nitrogens is 2. The maximum atomic E-state index is 12.7. The summed E-state index contributed by atoms with van der Waals surface area (Å²) in [5.41, 5.74) is 0.468. The number of fused-ring (bicyclic) bond motifs is 1. The number of furan rings is 1. The molecule has 1 atom stereocenters. The van der Waals surface area contributed by atoms with E-state index in [1.165, 1.54) is 10.9 Å². The van der Waals surface area contributed by atoms with Crippen molar-refractivity contribution in [2.45, 2.75) is 18.2 Å². The van der Waals surface area contributed by atoms with Crippen molar-refractivity contribution in [1.29, 1.82) is 0 Å². The Morgan fingerprint density at radius 3 is 2.96 bits per heavy atom. The number of amides is 1. The summed E-state index contributed by atoms with van der Waals surface area (Å²) in [5.74, 6) is 1.76. The summed E-state index contributed by atoms with van der Waals surface area (Å²) in [5, 5.41) is 0.806. The number of benzene rings is 1. The maximum Gasteiger partial charge on any atom is 0.261 e. The molecule has 1 aliphatic heterocycles. The third-order valence-electron chi connectivity index (χ3n) is 4.59. The van der Waals surface area contributed by atoms with E-state index in [0.29, 0.717) is 24.0 Å². The van der Waals surface area contributed by atoms with Gasteiger partial charge < -0.3 is 9.32 Å². The molecule has 1 saturated heterocycles. The molecule has 0 aliphatic carbocycles. The molecule has 4 rings (SSSR count). The van der Waals surface area contributed by atoms with Gasteiger partial charge in [-0.15, -0.1) is 11.8 Å². The Labute approximate surface area is 154 Å². The lowest BCUT2D eigenvalue weighted by Crippen LogP contribution is -2.37. The normalized spacial score (nSPS) is 18.0. The van der Waals surface area contributed by atoms with Gasteiger partial charge in [-0.1, -0.05) is 12.1 Å². The van der Waals surface area contributed by atoms with Crippen LogP contribution in [0.3, 0.4) is 0 Å². The van der Waals surface area contributed by atoms with Crippen LogP contribution in [0.4, 0.5) is 0 Å². The van der Waals surface area contributed by atoms with Crippen LogP contribution in [0.25, 0.3) is 10.9 Å². The number of carbonyl (C=O) groups excluding carboxylic acids is 1. The molecule has 0 radical (unpaired) electrons. The average molecular weight is 369 g/mol. The lowest BCUT2D eigenvalue weighted by molar-refractivity contribution is -0.131. The van der Waals surface area contributed by atoms with E-state index in [-0.39, 0.29) is 23.3 Å². The second kappa shape index (κ2) is 7.37. The molecule has 1 aromatic carbocycles. The molecule has 3 heterocycles. The Bertz CT molecular complexity index is 968.